The first-order chi connectivity index (χ1) is 9.40. The predicted octanol–water partition coefficient (Wildman–Crippen LogP) is 2.46. The van der Waals surface area contributed by atoms with Gasteiger partial charge < -0.3 is 15.0 Å². The molecule has 0 spiro atoms. The van der Waals surface area contributed by atoms with Gasteiger partial charge in [0, 0.05) is 20.1 Å². The number of ether oxygens (including phenoxy) is 1. The quantitative estimate of drug-likeness (QED) is 0.833. The summed E-state index contributed by atoms with van der Waals surface area (Å²) >= 11 is 0. The molecule has 20 heavy (non-hydrogen) atoms. The summed E-state index contributed by atoms with van der Waals surface area (Å²) in [6, 6.07) is 8.16. The van der Waals surface area contributed by atoms with Crippen molar-refractivity contribution in [3.63, 3.8) is 0 Å². The summed E-state index contributed by atoms with van der Waals surface area (Å²) in [5, 5.41) is 3.22. The highest BCUT2D eigenvalue weighted by Gasteiger charge is 2.09. The maximum Gasteiger partial charge on any atom is 0.236 e. The van der Waals surface area contributed by atoms with Crippen LogP contribution in [0.25, 0.3) is 0 Å². The third-order valence-electron chi connectivity index (χ3n) is 3.02. The van der Waals surface area contributed by atoms with Crippen molar-refractivity contribution >= 4 is 5.91 Å². The lowest BCUT2D eigenvalue weighted by molar-refractivity contribution is -0.127. The number of carbonyl (C=O) groups is 1. The van der Waals surface area contributed by atoms with E-state index in [2.05, 4.69) is 19.2 Å². The molecular formula is C16H26N2O2. The van der Waals surface area contributed by atoms with E-state index < -0.39 is 0 Å². The molecule has 0 heterocycles. The first-order valence-electron chi connectivity index (χ1n) is 7.06. The molecule has 1 amide bonds. The number of nitrogens with one attached hydrogen (secondary N) is 1. The molecule has 0 fully saturated rings. The van der Waals surface area contributed by atoms with Gasteiger partial charge in [0.2, 0.25) is 5.91 Å². The van der Waals surface area contributed by atoms with Crippen LogP contribution in [0, 0.1) is 5.92 Å². The normalized spacial score (nSPS) is 12.3. The van der Waals surface area contributed by atoms with Crippen LogP contribution in [0.5, 0.6) is 5.75 Å². The highest BCUT2D eigenvalue weighted by Crippen LogP contribution is 2.18. The van der Waals surface area contributed by atoms with Crippen LogP contribution in [0.1, 0.15) is 32.4 Å². The summed E-state index contributed by atoms with van der Waals surface area (Å²) in [6.45, 7) is 7.38. The van der Waals surface area contributed by atoms with E-state index in [-0.39, 0.29) is 11.9 Å². The Morgan fingerprint density at radius 2 is 1.80 bits per heavy atom. The smallest absolute Gasteiger partial charge is 0.236 e. The molecule has 0 saturated heterocycles. The molecule has 0 aromatic heterocycles. The van der Waals surface area contributed by atoms with Crippen LogP contribution in [-0.4, -0.2) is 38.1 Å². The van der Waals surface area contributed by atoms with Gasteiger partial charge in [0.15, 0.2) is 0 Å². The minimum atomic E-state index is 0.0775. The van der Waals surface area contributed by atoms with Gasteiger partial charge in [-0.05, 0) is 30.5 Å². The highest BCUT2D eigenvalue weighted by atomic mass is 16.5. The Morgan fingerprint density at radius 1 is 1.20 bits per heavy atom. The zero-order valence-corrected chi connectivity index (χ0v) is 13.1. The molecule has 4 heteroatoms. The minimum Gasteiger partial charge on any atom is -0.493 e. The van der Waals surface area contributed by atoms with Gasteiger partial charge in [-0.1, -0.05) is 26.0 Å². The van der Waals surface area contributed by atoms with Crippen LogP contribution in [-0.2, 0) is 4.79 Å². The van der Waals surface area contributed by atoms with Crippen LogP contribution < -0.4 is 10.1 Å². The van der Waals surface area contributed by atoms with Gasteiger partial charge in [-0.25, -0.2) is 0 Å². The lowest BCUT2D eigenvalue weighted by atomic mass is 10.1. The van der Waals surface area contributed by atoms with Gasteiger partial charge in [0.1, 0.15) is 5.75 Å². The first-order valence-corrected chi connectivity index (χ1v) is 7.06. The number of hydrogen-bond acceptors (Lipinski definition) is 3. The molecule has 1 rings (SSSR count). The van der Waals surface area contributed by atoms with Crippen molar-refractivity contribution in [1.82, 2.24) is 10.2 Å². The molecule has 1 unspecified atom stereocenters. The number of nitrogens with zero attached hydrogens (tertiary/aromatic N) is 1. The fraction of sp³-hybridized carbons (Fsp3) is 0.562. The number of benzene rings is 1. The van der Waals surface area contributed by atoms with E-state index in [1.807, 2.05) is 31.2 Å². The zero-order chi connectivity index (χ0) is 15.1. The molecule has 1 aromatic carbocycles. The van der Waals surface area contributed by atoms with E-state index in [0.29, 0.717) is 12.5 Å². The van der Waals surface area contributed by atoms with Gasteiger partial charge in [-0.2, -0.15) is 0 Å². The van der Waals surface area contributed by atoms with Crippen molar-refractivity contribution < 1.29 is 9.53 Å². The first kappa shape index (κ1) is 16.5. The maximum absolute atomic E-state index is 11.5. The zero-order valence-electron chi connectivity index (χ0n) is 13.1. The summed E-state index contributed by atoms with van der Waals surface area (Å²) in [7, 11) is 3.52. The van der Waals surface area contributed by atoms with Crippen LogP contribution in [0.4, 0.5) is 0 Å². The minimum absolute atomic E-state index is 0.0775. The second-order valence-corrected chi connectivity index (χ2v) is 5.66. The number of rotatable bonds is 7. The van der Waals surface area contributed by atoms with E-state index in [9.17, 15) is 4.79 Å². The standard InChI is InChI=1S/C16H26N2O2/c1-12(2)11-20-15-8-6-14(7-9-15)13(3)17-10-16(19)18(4)5/h6-9,12-13,17H,10-11H2,1-5H3. The van der Waals surface area contributed by atoms with E-state index in [4.69, 9.17) is 4.74 Å². The Balaban J connectivity index is 2.48. The van der Waals surface area contributed by atoms with Crippen molar-refractivity contribution in [1.29, 1.82) is 0 Å². The van der Waals surface area contributed by atoms with Crippen molar-refractivity contribution in [3.05, 3.63) is 29.8 Å². The fourth-order valence-electron chi connectivity index (χ4n) is 1.63. The highest BCUT2D eigenvalue weighted by molar-refractivity contribution is 5.77. The summed E-state index contributed by atoms with van der Waals surface area (Å²) < 4.78 is 5.65. The van der Waals surface area contributed by atoms with Crippen molar-refractivity contribution in [2.45, 2.75) is 26.8 Å². The molecule has 112 valence electrons. The van der Waals surface area contributed by atoms with Crippen molar-refractivity contribution in [3.8, 4) is 5.75 Å². The molecule has 0 aliphatic heterocycles. The number of likely N-dealkylation sites (N-methyl/N-ethyl adjacent to an activating group) is 1. The Labute approximate surface area is 122 Å². The molecule has 0 aliphatic carbocycles. The number of carbonyl (C=O) groups excluding carboxylic acids is 1. The van der Waals surface area contributed by atoms with Crippen LogP contribution in [0.2, 0.25) is 0 Å². The average Bonchev–Trinajstić information content (AvgIpc) is 2.42. The third kappa shape index (κ3) is 5.61. The third-order valence-corrected chi connectivity index (χ3v) is 3.02. The second kappa shape index (κ2) is 7.90. The van der Waals surface area contributed by atoms with E-state index in [1.165, 1.54) is 0 Å². The molecular weight excluding hydrogens is 252 g/mol. The molecule has 4 nitrogen and oxygen atoms in total. The fourth-order valence-corrected chi connectivity index (χ4v) is 1.63. The topological polar surface area (TPSA) is 41.6 Å². The largest absolute Gasteiger partial charge is 0.493 e. The number of hydrogen-bond donors (Lipinski definition) is 1. The van der Waals surface area contributed by atoms with Crippen molar-refractivity contribution in [2.75, 3.05) is 27.2 Å². The molecule has 1 atom stereocenters. The average molecular weight is 278 g/mol. The molecule has 1 aromatic rings. The molecule has 1 N–H and O–H groups in total. The Kier molecular flexibility index (Phi) is 6.52. The Morgan fingerprint density at radius 3 is 2.30 bits per heavy atom. The Bertz CT molecular complexity index is 413. The summed E-state index contributed by atoms with van der Waals surface area (Å²) in [4.78, 5) is 13.1. The van der Waals surface area contributed by atoms with Crippen LogP contribution in [0.3, 0.4) is 0 Å². The van der Waals surface area contributed by atoms with E-state index >= 15 is 0 Å². The van der Waals surface area contributed by atoms with Gasteiger partial charge >= 0.3 is 0 Å². The maximum atomic E-state index is 11.5. The molecule has 0 aliphatic rings. The van der Waals surface area contributed by atoms with Crippen LogP contribution >= 0.6 is 0 Å². The molecule has 0 bridgehead atoms. The van der Waals surface area contributed by atoms with Gasteiger partial charge in [-0.15, -0.1) is 0 Å². The second-order valence-electron chi connectivity index (χ2n) is 5.66. The molecule has 0 radical (unpaired) electrons. The van der Waals surface area contributed by atoms with Crippen LogP contribution in [0.15, 0.2) is 24.3 Å². The van der Waals surface area contributed by atoms with Gasteiger partial charge in [-0.3, -0.25) is 4.79 Å². The SMILES string of the molecule is CC(C)COc1ccc(C(C)NCC(=O)N(C)C)cc1. The van der Waals surface area contributed by atoms with E-state index in [1.54, 1.807) is 19.0 Å². The van der Waals surface area contributed by atoms with Gasteiger partial charge in [0.25, 0.3) is 0 Å². The lowest BCUT2D eigenvalue weighted by Gasteiger charge is -2.17. The monoisotopic (exact) mass is 278 g/mol. The number of amides is 1. The predicted molar refractivity (Wildman–Crippen MR) is 81.9 cm³/mol. The summed E-state index contributed by atoms with van der Waals surface area (Å²) in [5.41, 5.74) is 1.15. The molecule has 0 saturated carbocycles. The van der Waals surface area contributed by atoms with Gasteiger partial charge in [0.05, 0.1) is 13.2 Å². The lowest BCUT2D eigenvalue weighted by Crippen LogP contribution is -2.34. The van der Waals surface area contributed by atoms with E-state index in [0.717, 1.165) is 17.9 Å². The summed E-state index contributed by atoms with van der Waals surface area (Å²) in [6.07, 6.45) is 0. The van der Waals surface area contributed by atoms with Crippen molar-refractivity contribution in [2.24, 2.45) is 5.92 Å². The Hall–Kier alpha value is -1.55. The summed E-state index contributed by atoms with van der Waals surface area (Å²) in [5.74, 6) is 1.49.